The Hall–Kier alpha value is -3.12. The predicted molar refractivity (Wildman–Crippen MR) is 105 cm³/mol. The second-order valence-electron chi connectivity index (χ2n) is 6.58. The Labute approximate surface area is 164 Å². The Morgan fingerprint density at radius 2 is 1.82 bits per heavy atom. The van der Waals surface area contributed by atoms with Crippen LogP contribution < -0.4 is 4.74 Å². The van der Waals surface area contributed by atoms with Gasteiger partial charge in [0.05, 0.1) is 25.3 Å². The Bertz CT molecular complexity index is 920. The van der Waals surface area contributed by atoms with Gasteiger partial charge in [-0.1, -0.05) is 30.3 Å². The molecule has 0 aromatic heterocycles. The van der Waals surface area contributed by atoms with Crippen LogP contribution in [0.5, 0.6) is 5.75 Å². The van der Waals surface area contributed by atoms with E-state index in [0.29, 0.717) is 11.3 Å². The van der Waals surface area contributed by atoms with Crippen molar-refractivity contribution < 1.29 is 24.2 Å². The molecular weight excluding hydrogens is 358 g/mol. The van der Waals surface area contributed by atoms with Crippen LogP contribution in [0.1, 0.15) is 22.7 Å². The third-order valence-corrected chi connectivity index (χ3v) is 4.86. The van der Waals surface area contributed by atoms with Crippen LogP contribution >= 0.6 is 0 Å². The largest absolute Gasteiger partial charge is 0.507 e. The third kappa shape index (κ3) is 3.51. The number of rotatable bonds is 6. The summed E-state index contributed by atoms with van der Waals surface area (Å²) in [5.74, 6) is -0.858. The molecule has 3 rings (SSSR count). The number of benzene rings is 2. The number of Topliss-reactive ketones (excluding diaryl/α,β-unsaturated/α-hetero) is 1. The van der Waals surface area contributed by atoms with Crippen molar-refractivity contribution in [2.45, 2.75) is 13.0 Å². The van der Waals surface area contributed by atoms with Crippen molar-refractivity contribution in [2.75, 3.05) is 27.4 Å². The zero-order chi connectivity index (χ0) is 20.3. The monoisotopic (exact) mass is 381 g/mol. The quantitative estimate of drug-likeness (QED) is 0.473. The summed E-state index contributed by atoms with van der Waals surface area (Å²) in [6, 6.07) is 13.7. The second-order valence-corrected chi connectivity index (χ2v) is 6.58. The summed E-state index contributed by atoms with van der Waals surface area (Å²) in [5, 5.41) is 11.0. The molecule has 1 fully saturated rings. The number of ether oxygens (including phenoxy) is 2. The number of likely N-dealkylation sites (tertiary alicyclic amines) is 1. The number of aliphatic hydroxyl groups excluding tert-OH is 1. The SMILES string of the molecule is COCCN1C(=O)C(=O)C(=C(O)c2ccc(OC)c(C)c2)[C@H]1c1ccccc1. The Morgan fingerprint density at radius 1 is 1.11 bits per heavy atom. The number of ketones is 1. The van der Waals surface area contributed by atoms with Gasteiger partial charge in [0.25, 0.3) is 11.7 Å². The fourth-order valence-electron chi connectivity index (χ4n) is 3.46. The number of amides is 1. The number of aliphatic hydroxyl groups is 1. The minimum Gasteiger partial charge on any atom is -0.507 e. The van der Waals surface area contributed by atoms with Crippen LogP contribution in [0.15, 0.2) is 54.1 Å². The number of hydrogen-bond donors (Lipinski definition) is 1. The van der Waals surface area contributed by atoms with Crippen molar-refractivity contribution in [3.8, 4) is 5.75 Å². The van der Waals surface area contributed by atoms with E-state index in [2.05, 4.69) is 0 Å². The van der Waals surface area contributed by atoms with Gasteiger partial charge in [0.1, 0.15) is 11.5 Å². The van der Waals surface area contributed by atoms with Crippen LogP contribution in [0.25, 0.3) is 5.76 Å². The Kier molecular flexibility index (Phi) is 5.80. The van der Waals surface area contributed by atoms with E-state index < -0.39 is 17.7 Å². The Balaban J connectivity index is 2.15. The van der Waals surface area contributed by atoms with Gasteiger partial charge in [-0.3, -0.25) is 9.59 Å². The topological polar surface area (TPSA) is 76.1 Å². The third-order valence-electron chi connectivity index (χ3n) is 4.86. The van der Waals surface area contributed by atoms with Crippen LogP contribution in [0, 0.1) is 6.92 Å². The van der Waals surface area contributed by atoms with E-state index in [0.717, 1.165) is 11.1 Å². The molecule has 2 aromatic carbocycles. The van der Waals surface area contributed by atoms with Crippen molar-refractivity contribution in [3.05, 3.63) is 70.8 Å². The number of nitrogens with zero attached hydrogens (tertiary/aromatic N) is 1. The molecule has 0 bridgehead atoms. The van der Waals surface area contributed by atoms with Crippen LogP contribution in [0.3, 0.4) is 0 Å². The number of aryl methyl sites for hydroxylation is 1. The maximum absolute atomic E-state index is 12.8. The van der Waals surface area contributed by atoms with E-state index in [1.807, 2.05) is 37.3 Å². The first kappa shape index (κ1) is 19.6. The maximum atomic E-state index is 12.8. The molecular formula is C22H23NO5. The molecule has 1 amide bonds. The van der Waals surface area contributed by atoms with E-state index >= 15 is 0 Å². The molecule has 0 radical (unpaired) electrons. The van der Waals surface area contributed by atoms with Gasteiger partial charge >= 0.3 is 0 Å². The van der Waals surface area contributed by atoms with Gasteiger partial charge in [-0.25, -0.2) is 0 Å². The van der Waals surface area contributed by atoms with E-state index in [4.69, 9.17) is 9.47 Å². The number of carbonyl (C=O) groups excluding carboxylic acids is 2. The van der Waals surface area contributed by atoms with Crippen LogP contribution in [0.4, 0.5) is 0 Å². The van der Waals surface area contributed by atoms with Crippen LogP contribution in [0.2, 0.25) is 0 Å². The first-order valence-electron chi connectivity index (χ1n) is 8.97. The zero-order valence-electron chi connectivity index (χ0n) is 16.1. The molecule has 6 nitrogen and oxygen atoms in total. The molecule has 0 unspecified atom stereocenters. The van der Waals surface area contributed by atoms with Crippen LogP contribution in [-0.2, 0) is 14.3 Å². The summed E-state index contributed by atoms with van der Waals surface area (Å²) in [4.78, 5) is 26.9. The highest BCUT2D eigenvalue weighted by molar-refractivity contribution is 6.46. The van der Waals surface area contributed by atoms with Gasteiger partial charge in [-0.2, -0.15) is 0 Å². The smallest absolute Gasteiger partial charge is 0.295 e. The van der Waals surface area contributed by atoms with Gasteiger partial charge in [-0.05, 0) is 36.2 Å². The lowest BCUT2D eigenvalue weighted by molar-refractivity contribution is -0.140. The second kappa shape index (κ2) is 8.27. The summed E-state index contributed by atoms with van der Waals surface area (Å²) in [6.07, 6.45) is 0. The molecule has 28 heavy (non-hydrogen) atoms. The molecule has 2 aromatic rings. The summed E-state index contributed by atoms with van der Waals surface area (Å²) >= 11 is 0. The molecule has 0 spiro atoms. The van der Waals surface area contributed by atoms with Gasteiger partial charge in [-0.15, -0.1) is 0 Å². The van der Waals surface area contributed by atoms with E-state index in [9.17, 15) is 14.7 Å². The van der Waals surface area contributed by atoms with E-state index in [1.165, 1.54) is 12.0 Å². The van der Waals surface area contributed by atoms with Crippen molar-refractivity contribution >= 4 is 17.4 Å². The first-order chi connectivity index (χ1) is 13.5. The van der Waals surface area contributed by atoms with Gasteiger partial charge in [0.2, 0.25) is 0 Å². The lowest BCUT2D eigenvalue weighted by Crippen LogP contribution is -2.32. The molecule has 146 valence electrons. The van der Waals surface area contributed by atoms with E-state index in [-0.39, 0.29) is 24.5 Å². The van der Waals surface area contributed by atoms with Crippen LogP contribution in [-0.4, -0.2) is 49.1 Å². The molecule has 1 saturated heterocycles. The van der Waals surface area contributed by atoms with Gasteiger partial charge < -0.3 is 19.5 Å². The standard InChI is InChI=1S/C22H23NO5/c1-14-13-16(9-10-17(14)28-3)20(24)18-19(15-7-5-4-6-8-15)23(11-12-27-2)22(26)21(18)25/h4-10,13,19,24H,11-12H2,1-3H3/t19-/m1/s1. The Morgan fingerprint density at radius 3 is 2.43 bits per heavy atom. The lowest BCUT2D eigenvalue weighted by atomic mass is 9.95. The van der Waals surface area contributed by atoms with Crippen molar-refractivity contribution in [1.29, 1.82) is 0 Å². The fourth-order valence-corrected chi connectivity index (χ4v) is 3.46. The maximum Gasteiger partial charge on any atom is 0.295 e. The van der Waals surface area contributed by atoms with Gasteiger partial charge in [0, 0.05) is 19.2 Å². The van der Waals surface area contributed by atoms with Crippen molar-refractivity contribution in [3.63, 3.8) is 0 Å². The minimum absolute atomic E-state index is 0.0804. The highest BCUT2D eigenvalue weighted by Crippen LogP contribution is 2.39. The van der Waals surface area contributed by atoms with Crippen molar-refractivity contribution in [1.82, 2.24) is 4.90 Å². The fraction of sp³-hybridized carbons (Fsp3) is 0.273. The average Bonchev–Trinajstić information content (AvgIpc) is 2.97. The summed E-state index contributed by atoms with van der Waals surface area (Å²) in [6.45, 7) is 2.39. The molecule has 1 aliphatic rings. The number of methoxy groups -OCH3 is 2. The zero-order valence-corrected chi connectivity index (χ0v) is 16.1. The van der Waals surface area contributed by atoms with Crippen molar-refractivity contribution in [2.24, 2.45) is 0 Å². The molecule has 1 heterocycles. The highest BCUT2D eigenvalue weighted by atomic mass is 16.5. The molecule has 0 aliphatic carbocycles. The molecule has 1 N–H and O–H groups in total. The minimum atomic E-state index is -0.698. The highest BCUT2D eigenvalue weighted by Gasteiger charge is 2.45. The predicted octanol–water partition coefficient (Wildman–Crippen LogP) is 3.07. The number of hydrogen-bond acceptors (Lipinski definition) is 5. The molecule has 1 atom stereocenters. The summed E-state index contributed by atoms with van der Waals surface area (Å²) in [7, 11) is 3.10. The normalized spacial score (nSPS) is 18.5. The number of carbonyl (C=O) groups is 2. The summed E-state index contributed by atoms with van der Waals surface area (Å²) < 4.78 is 10.3. The van der Waals surface area contributed by atoms with Gasteiger partial charge in [0.15, 0.2) is 0 Å². The molecule has 1 aliphatic heterocycles. The summed E-state index contributed by atoms with van der Waals surface area (Å²) in [5.41, 5.74) is 2.11. The molecule has 6 heteroatoms. The first-order valence-corrected chi connectivity index (χ1v) is 8.97. The molecule has 0 saturated carbocycles. The average molecular weight is 381 g/mol. The lowest BCUT2D eigenvalue weighted by Gasteiger charge is -2.25. The van der Waals surface area contributed by atoms with E-state index in [1.54, 1.807) is 25.3 Å².